The lowest BCUT2D eigenvalue weighted by molar-refractivity contribution is -0.122. The van der Waals surface area contributed by atoms with E-state index in [0.717, 1.165) is 43.0 Å². The van der Waals surface area contributed by atoms with Gasteiger partial charge in [0.1, 0.15) is 17.6 Å². The Morgan fingerprint density at radius 3 is 2.89 bits per heavy atom. The SMILES string of the molecule is CCOc1cc2c(cc1CNC(=O)CN1CCc3ccccc3C1)O[C@H](C)C2. The third-order valence-corrected chi connectivity index (χ3v) is 5.43. The molecule has 0 spiro atoms. The summed E-state index contributed by atoms with van der Waals surface area (Å²) in [4.78, 5) is 14.7. The number of nitrogens with zero attached hydrogens (tertiary/aromatic N) is 1. The van der Waals surface area contributed by atoms with Crippen molar-refractivity contribution >= 4 is 5.91 Å². The van der Waals surface area contributed by atoms with Gasteiger partial charge in [-0.3, -0.25) is 9.69 Å². The van der Waals surface area contributed by atoms with Crippen molar-refractivity contribution < 1.29 is 14.3 Å². The lowest BCUT2D eigenvalue weighted by atomic mass is 10.00. The van der Waals surface area contributed by atoms with E-state index in [9.17, 15) is 4.79 Å². The summed E-state index contributed by atoms with van der Waals surface area (Å²) >= 11 is 0. The molecule has 2 aliphatic rings. The van der Waals surface area contributed by atoms with Gasteiger partial charge in [-0.25, -0.2) is 0 Å². The Balaban J connectivity index is 1.37. The maximum atomic E-state index is 12.5. The van der Waals surface area contributed by atoms with Gasteiger partial charge in [-0.15, -0.1) is 0 Å². The fourth-order valence-electron chi connectivity index (χ4n) is 4.05. The van der Waals surface area contributed by atoms with Crippen molar-refractivity contribution in [2.24, 2.45) is 0 Å². The van der Waals surface area contributed by atoms with Gasteiger partial charge in [0.25, 0.3) is 0 Å². The predicted molar refractivity (Wildman–Crippen MR) is 109 cm³/mol. The van der Waals surface area contributed by atoms with Crippen molar-refractivity contribution in [2.45, 2.75) is 45.9 Å². The minimum atomic E-state index is 0.0385. The number of carbonyl (C=O) groups excluding carboxylic acids is 1. The lowest BCUT2D eigenvalue weighted by Gasteiger charge is -2.28. The Morgan fingerprint density at radius 1 is 1.25 bits per heavy atom. The topological polar surface area (TPSA) is 50.8 Å². The summed E-state index contributed by atoms with van der Waals surface area (Å²) in [5, 5.41) is 3.06. The summed E-state index contributed by atoms with van der Waals surface area (Å²) in [5.41, 5.74) is 4.86. The van der Waals surface area contributed by atoms with E-state index in [0.29, 0.717) is 19.7 Å². The number of nitrogens with one attached hydrogen (secondary N) is 1. The molecule has 0 bridgehead atoms. The predicted octanol–water partition coefficient (Wildman–Crippen LogP) is 3.08. The van der Waals surface area contributed by atoms with Gasteiger partial charge in [-0.05, 0) is 43.5 Å². The molecule has 1 N–H and O–H groups in total. The highest BCUT2D eigenvalue weighted by Gasteiger charge is 2.22. The number of ether oxygens (including phenoxy) is 2. The number of hydrogen-bond acceptors (Lipinski definition) is 4. The first-order valence-corrected chi connectivity index (χ1v) is 10.1. The molecule has 148 valence electrons. The summed E-state index contributed by atoms with van der Waals surface area (Å²) < 4.78 is 11.7. The van der Waals surface area contributed by atoms with Crippen LogP contribution < -0.4 is 14.8 Å². The molecule has 0 unspecified atom stereocenters. The van der Waals surface area contributed by atoms with E-state index in [2.05, 4.69) is 47.5 Å². The zero-order valence-electron chi connectivity index (χ0n) is 16.7. The van der Waals surface area contributed by atoms with Crippen molar-refractivity contribution in [3.05, 3.63) is 58.7 Å². The second-order valence-corrected chi connectivity index (χ2v) is 7.64. The second-order valence-electron chi connectivity index (χ2n) is 7.64. The van der Waals surface area contributed by atoms with Gasteiger partial charge in [-0.2, -0.15) is 0 Å². The number of hydrogen-bond donors (Lipinski definition) is 1. The molecule has 1 atom stereocenters. The van der Waals surface area contributed by atoms with Crippen LogP contribution in [0.5, 0.6) is 11.5 Å². The van der Waals surface area contributed by atoms with E-state index in [1.54, 1.807) is 0 Å². The van der Waals surface area contributed by atoms with Crippen molar-refractivity contribution in [1.82, 2.24) is 10.2 Å². The average Bonchev–Trinajstić information content (AvgIpc) is 3.05. The first-order chi connectivity index (χ1) is 13.6. The molecule has 2 aliphatic heterocycles. The lowest BCUT2D eigenvalue weighted by Crippen LogP contribution is -2.39. The Labute approximate surface area is 166 Å². The van der Waals surface area contributed by atoms with Crippen LogP contribution in [-0.4, -0.2) is 36.6 Å². The quantitative estimate of drug-likeness (QED) is 0.837. The van der Waals surface area contributed by atoms with Gasteiger partial charge in [0.15, 0.2) is 0 Å². The molecular weight excluding hydrogens is 352 g/mol. The smallest absolute Gasteiger partial charge is 0.234 e. The van der Waals surface area contributed by atoms with E-state index in [1.165, 1.54) is 16.7 Å². The summed E-state index contributed by atoms with van der Waals surface area (Å²) in [6.45, 7) is 7.25. The minimum absolute atomic E-state index is 0.0385. The van der Waals surface area contributed by atoms with E-state index in [1.807, 2.05) is 13.0 Å². The second kappa shape index (κ2) is 8.23. The highest BCUT2D eigenvalue weighted by atomic mass is 16.5. The third kappa shape index (κ3) is 4.14. The van der Waals surface area contributed by atoms with Gasteiger partial charge >= 0.3 is 0 Å². The number of carbonyl (C=O) groups is 1. The molecule has 5 nitrogen and oxygen atoms in total. The van der Waals surface area contributed by atoms with Crippen LogP contribution in [0, 0.1) is 0 Å². The van der Waals surface area contributed by atoms with Crippen LogP contribution in [-0.2, 0) is 30.7 Å². The monoisotopic (exact) mass is 380 g/mol. The number of benzene rings is 2. The van der Waals surface area contributed by atoms with Gasteiger partial charge in [0, 0.05) is 37.2 Å². The standard InChI is InChI=1S/C23H28N2O3/c1-3-27-21-11-19-10-16(2)28-22(19)12-20(21)13-24-23(26)15-25-9-8-17-6-4-5-7-18(17)14-25/h4-7,11-12,16H,3,8-10,13-15H2,1-2H3,(H,24,26)/t16-/m1/s1. The molecule has 2 aromatic carbocycles. The molecule has 4 rings (SSSR count). The van der Waals surface area contributed by atoms with Crippen molar-refractivity contribution in [3.63, 3.8) is 0 Å². The van der Waals surface area contributed by atoms with Gasteiger partial charge in [-0.1, -0.05) is 24.3 Å². The molecule has 2 heterocycles. The largest absolute Gasteiger partial charge is 0.494 e. The van der Waals surface area contributed by atoms with E-state index < -0.39 is 0 Å². The summed E-state index contributed by atoms with van der Waals surface area (Å²) in [7, 11) is 0. The molecule has 0 aromatic heterocycles. The molecule has 0 aliphatic carbocycles. The number of fused-ring (bicyclic) bond motifs is 2. The maximum Gasteiger partial charge on any atom is 0.234 e. The first kappa shape index (κ1) is 18.8. The molecule has 5 heteroatoms. The highest BCUT2D eigenvalue weighted by Crippen LogP contribution is 2.35. The number of rotatable bonds is 6. The van der Waals surface area contributed by atoms with Crippen LogP contribution in [0.2, 0.25) is 0 Å². The zero-order valence-corrected chi connectivity index (χ0v) is 16.7. The fraction of sp³-hybridized carbons (Fsp3) is 0.435. The fourth-order valence-corrected chi connectivity index (χ4v) is 4.05. The minimum Gasteiger partial charge on any atom is -0.494 e. The Kier molecular flexibility index (Phi) is 5.53. The molecule has 0 radical (unpaired) electrons. The first-order valence-electron chi connectivity index (χ1n) is 10.1. The van der Waals surface area contributed by atoms with E-state index in [-0.39, 0.29) is 12.0 Å². The average molecular weight is 380 g/mol. The molecule has 0 saturated carbocycles. The molecule has 0 fully saturated rings. The van der Waals surface area contributed by atoms with Crippen molar-refractivity contribution in [3.8, 4) is 11.5 Å². The molecule has 2 aromatic rings. The molecule has 1 amide bonds. The van der Waals surface area contributed by atoms with Crippen LogP contribution in [0.1, 0.15) is 36.1 Å². The van der Waals surface area contributed by atoms with Crippen LogP contribution in [0.15, 0.2) is 36.4 Å². The van der Waals surface area contributed by atoms with Gasteiger partial charge in [0.2, 0.25) is 5.91 Å². The molecular formula is C23H28N2O3. The van der Waals surface area contributed by atoms with Gasteiger partial charge < -0.3 is 14.8 Å². The Bertz CT molecular complexity index is 865. The van der Waals surface area contributed by atoms with Gasteiger partial charge in [0.05, 0.1) is 13.2 Å². The zero-order chi connectivity index (χ0) is 19.5. The van der Waals surface area contributed by atoms with Crippen LogP contribution >= 0.6 is 0 Å². The van der Waals surface area contributed by atoms with Crippen molar-refractivity contribution in [1.29, 1.82) is 0 Å². The molecule has 0 saturated heterocycles. The third-order valence-electron chi connectivity index (χ3n) is 5.43. The highest BCUT2D eigenvalue weighted by molar-refractivity contribution is 5.78. The van der Waals surface area contributed by atoms with Crippen LogP contribution in [0.3, 0.4) is 0 Å². The van der Waals surface area contributed by atoms with E-state index >= 15 is 0 Å². The van der Waals surface area contributed by atoms with E-state index in [4.69, 9.17) is 9.47 Å². The maximum absolute atomic E-state index is 12.5. The normalized spacial score (nSPS) is 18.1. The van der Waals surface area contributed by atoms with Crippen LogP contribution in [0.25, 0.3) is 0 Å². The Morgan fingerprint density at radius 2 is 2.07 bits per heavy atom. The Hall–Kier alpha value is -2.53. The summed E-state index contributed by atoms with van der Waals surface area (Å²) in [6, 6.07) is 12.6. The van der Waals surface area contributed by atoms with Crippen LogP contribution in [0.4, 0.5) is 0 Å². The molecule has 28 heavy (non-hydrogen) atoms. The van der Waals surface area contributed by atoms with Crippen molar-refractivity contribution in [2.75, 3.05) is 19.7 Å². The number of amides is 1. The summed E-state index contributed by atoms with van der Waals surface area (Å²) in [6.07, 6.45) is 2.09. The summed E-state index contributed by atoms with van der Waals surface area (Å²) in [5.74, 6) is 1.79.